The number of aryl methyl sites for hydroxylation is 1. The molecule has 110 valence electrons. The van der Waals surface area contributed by atoms with Crippen molar-refractivity contribution in [2.45, 2.75) is 34.1 Å². The predicted octanol–water partition coefficient (Wildman–Crippen LogP) is 3.69. The molecule has 0 aliphatic rings. The van der Waals surface area contributed by atoms with Crippen molar-refractivity contribution >= 4 is 11.7 Å². The monoisotopic (exact) mass is 283 g/mol. The van der Waals surface area contributed by atoms with Crippen LogP contribution in [0, 0.1) is 5.41 Å². The fourth-order valence-electron chi connectivity index (χ4n) is 1.90. The van der Waals surface area contributed by atoms with E-state index < -0.39 is 5.41 Å². The number of nitrogens with one attached hydrogen (secondary N) is 1. The molecule has 0 aliphatic heterocycles. The topological polar surface area (TPSA) is 54.9 Å². The van der Waals surface area contributed by atoms with E-state index in [1.807, 2.05) is 39.0 Å². The van der Waals surface area contributed by atoms with Gasteiger partial charge in [0.05, 0.1) is 5.69 Å². The molecule has 0 saturated heterocycles. The number of hydrogen-bond acceptors (Lipinski definition) is 3. The number of carbonyl (C=O) groups is 1. The molecule has 2 aromatic heterocycles. The SMILES string of the molecule is CCc1cccnc1-c1ccc(NC(=O)C(C)(C)C)nc1. The van der Waals surface area contributed by atoms with Crippen LogP contribution in [0.2, 0.25) is 0 Å². The number of hydrogen-bond donors (Lipinski definition) is 1. The van der Waals surface area contributed by atoms with Gasteiger partial charge in [-0.3, -0.25) is 9.78 Å². The van der Waals surface area contributed by atoms with E-state index in [0.717, 1.165) is 17.7 Å². The van der Waals surface area contributed by atoms with Crippen LogP contribution in [0.15, 0.2) is 36.7 Å². The van der Waals surface area contributed by atoms with Crippen LogP contribution in [0.5, 0.6) is 0 Å². The maximum absolute atomic E-state index is 11.9. The summed E-state index contributed by atoms with van der Waals surface area (Å²) in [6.07, 6.45) is 4.45. The Kier molecular flexibility index (Phi) is 4.36. The minimum Gasteiger partial charge on any atom is -0.310 e. The summed E-state index contributed by atoms with van der Waals surface area (Å²) in [6, 6.07) is 7.76. The third-order valence-electron chi connectivity index (χ3n) is 3.23. The molecule has 0 saturated carbocycles. The van der Waals surface area contributed by atoms with Crippen molar-refractivity contribution in [3.05, 3.63) is 42.2 Å². The molecule has 2 aromatic rings. The van der Waals surface area contributed by atoms with Gasteiger partial charge >= 0.3 is 0 Å². The van der Waals surface area contributed by atoms with E-state index in [1.165, 1.54) is 5.56 Å². The maximum atomic E-state index is 11.9. The number of pyridine rings is 2. The standard InChI is InChI=1S/C17H21N3O/c1-5-12-7-6-10-18-15(12)13-8-9-14(19-11-13)20-16(21)17(2,3)4/h6-11H,5H2,1-4H3,(H,19,20,21). The summed E-state index contributed by atoms with van der Waals surface area (Å²) in [5, 5.41) is 2.82. The molecule has 0 spiro atoms. The summed E-state index contributed by atoms with van der Waals surface area (Å²) in [5.74, 6) is 0.516. The number of nitrogens with zero attached hydrogens (tertiary/aromatic N) is 2. The maximum Gasteiger partial charge on any atom is 0.230 e. The minimum absolute atomic E-state index is 0.0465. The molecule has 0 fully saturated rings. The van der Waals surface area contributed by atoms with Crippen LogP contribution in [0.25, 0.3) is 11.3 Å². The third kappa shape index (κ3) is 3.66. The quantitative estimate of drug-likeness (QED) is 0.934. The highest BCUT2D eigenvalue weighted by Gasteiger charge is 2.21. The molecule has 0 unspecified atom stereocenters. The second-order valence-electron chi connectivity index (χ2n) is 6.00. The van der Waals surface area contributed by atoms with E-state index in [-0.39, 0.29) is 5.91 Å². The lowest BCUT2D eigenvalue weighted by Gasteiger charge is -2.17. The van der Waals surface area contributed by atoms with Gasteiger partial charge in [-0.25, -0.2) is 4.98 Å². The second kappa shape index (κ2) is 6.04. The average Bonchev–Trinajstić information content (AvgIpc) is 2.47. The highest BCUT2D eigenvalue weighted by Crippen LogP contribution is 2.22. The molecule has 0 radical (unpaired) electrons. The number of carbonyl (C=O) groups excluding carboxylic acids is 1. The number of amides is 1. The van der Waals surface area contributed by atoms with E-state index in [4.69, 9.17) is 0 Å². The molecule has 2 rings (SSSR count). The van der Waals surface area contributed by atoms with Gasteiger partial charge in [0.2, 0.25) is 5.91 Å². The molecule has 1 N–H and O–H groups in total. The van der Waals surface area contributed by atoms with Crippen molar-refractivity contribution in [1.29, 1.82) is 0 Å². The summed E-state index contributed by atoms with van der Waals surface area (Å²) in [5.41, 5.74) is 2.66. The van der Waals surface area contributed by atoms with E-state index in [9.17, 15) is 4.79 Å². The zero-order valence-electron chi connectivity index (χ0n) is 13.0. The van der Waals surface area contributed by atoms with Crippen molar-refractivity contribution in [2.24, 2.45) is 5.41 Å². The largest absolute Gasteiger partial charge is 0.310 e. The Hall–Kier alpha value is -2.23. The van der Waals surface area contributed by atoms with Crippen LogP contribution in [0.3, 0.4) is 0 Å². The van der Waals surface area contributed by atoms with Crippen LogP contribution in [-0.4, -0.2) is 15.9 Å². The van der Waals surface area contributed by atoms with Gasteiger partial charge in [-0.15, -0.1) is 0 Å². The number of aromatic nitrogens is 2. The Morgan fingerprint density at radius 3 is 2.52 bits per heavy atom. The highest BCUT2D eigenvalue weighted by molar-refractivity contribution is 5.93. The molecule has 1 amide bonds. The summed E-state index contributed by atoms with van der Waals surface area (Å²) in [4.78, 5) is 20.7. The minimum atomic E-state index is -0.434. The Morgan fingerprint density at radius 1 is 1.19 bits per heavy atom. The van der Waals surface area contributed by atoms with Crippen molar-refractivity contribution < 1.29 is 4.79 Å². The van der Waals surface area contributed by atoms with E-state index >= 15 is 0 Å². The van der Waals surface area contributed by atoms with Crippen LogP contribution in [0.1, 0.15) is 33.3 Å². The van der Waals surface area contributed by atoms with Crippen LogP contribution >= 0.6 is 0 Å². The molecule has 0 aromatic carbocycles. The van der Waals surface area contributed by atoms with Gasteiger partial charge in [-0.2, -0.15) is 0 Å². The van der Waals surface area contributed by atoms with Crippen molar-refractivity contribution in [3.63, 3.8) is 0 Å². The Labute approximate surface area is 125 Å². The molecule has 4 heteroatoms. The van der Waals surface area contributed by atoms with Crippen molar-refractivity contribution in [2.75, 3.05) is 5.32 Å². The van der Waals surface area contributed by atoms with Gasteiger partial charge in [0.1, 0.15) is 5.82 Å². The van der Waals surface area contributed by atoms with E-state index in [1.54, 1.807) is 12.4 Å². The number of anilines is 1. The lowest BCUT2D eigenvalue weighted by molar-refractivity contribution is -0.123. The molecular formula is C17H21N3O. The van der Waals surface area contributed by atoms with Gasteiger partial charge in [0, 0.05) is 23.4 Å². The van der Waals surface area contributed by atoms with E-state index in [2.05, 4.69) is 28.3 Å². The number of rotatable bonds is 3. The fraction of sp³-hybridized carbons (Fsp3) is 0.353. The first-order valence-corrected chi connectivity index (χ1v) is 7.13. The predicted molar refractivity (Wildman–Crippen MR) is 84.9 cm³/mol. The first-order chi connectivity index (χ1) is 9.91. The van der Waals surface area contributed by atoms with Gasteiger partial charge in [-0.1, -0.05) is 33.8 Å². The molecular weight excluding hydrogens is 262 g/mol. The van der Waals surface area contributed by atoms with Crippen LogP contribution in [0.4, 0.5) is 5.82 Å². The third-order valence-corrected chi connectivity index (χ3v) is 3.23. The summed E-state index contributed by atoms with van der Waals surface area (Å²) < 4.78 is 0. The van der Waals surface area contributed by atoms with Gasteiger partial charge < -0.3 is 5.32 Å². The first-order valence-electron chi connectivity index (χ1n) is 7.13. The van der Waals surface area contributed by atoms with E-state index in [0.29, 0.717) is 5.82 Å². The molecule has 0 bridgehead atoms. The van der Waals surface area contributed by atoms with Gasteiger partial charge in [0.25, 0.3) is 0 Å². The lowest BCUT2D eigenvalue weighted by atomic mass is 9.96. The van der Waals surface area contributed by atoms with Crippen LogP contribution < -0.4 is 5.32 Å². The summed E-state index contributed by atoms with van der Waals surface area (Å²) in [7, 11) is 0. The molecule has 4 nitrogen and oxygen atoms in total. The Bertz CT molecular complexity index is 627. The highest BCUT2D eigenvalue weighted by atomic mass is 16.2. The van der Waals surface area contributed by atoms with Crippen molar-refractivity contribution in [3.8, 4) is 11.3 Å². The first kappa shape index (κ1) is 15.2. The molecule has 2 heterocycles. The second-order valence-corrected chi connectivity index (χ2v) is 6.00. The lowest BCUT2D eigenvalue weighted by Crippen LogP contribution is -2.27. The van der Waals surface area contributed by atoms with Gasteiger partial charge in [-0.05, 0) is 30.2 Å². The van der Waals surface area contributed by atoms with Crippen LogP contribution in [-0.2, 0) is 11.2 Å². The molecule has 0 aliphatic carbocycles. The van der Waals surface area contributed by atoms with Crippen molar-refractivity contribution in [1.82, 2.24) is 9.97 Å². The zero-order chi connectivity index (χ0) is 15.5. The summed E-state index contributed by atoms with van der Waals surface area (Å²) >= 11 is 0. The van der Waals surface area contributed by atoms with Gasteiger partial charge in [0.15, 0.2) is 0 Å². The zero-order valence-corrected chi connectivity index (χ0v) is 13.0. The smallest absolute Gasteiger partial charge is 0.230 e. The normalized spacial score (nSPS) is 11.2. The average molecular weight is 283 g/mol. The molecule has 0 atom stereocenters. The molecule has 21 heavy (non-hydrogen) atoms. The fourth-order valence-corrected chi connectivity index (χ4v) is 1.90. The Morgan fingerprint density at radius 2 is 1.95 bits per heavy atom. The summed E-state index contributed by atoms with van der Waals surface area (Å²) in [6.45, 7) is 7.72. The Balaban J connectivity index is 2.21.